The molecule has 1 N–H and O–H groups in total. The number of hydrogen-bond acceptors (Lipinski definition) is 1. The summed E-state index contributed by atoms with van der Waals surface area (Å²) in [5.74, 6) is -0.884. The third kappa shape index (κ3) is 2.04. The van der Waals surface area contributed by atoms with E-state index in [2.05, 4.69) is 0 Å². The van der Waals surface area contributed by atoms with Gasteiger partial charge >= 0.3 is 5.97 Å². The maximum Gasteiger partial charge on any atom is 0.335 e. The van der Waals surface area contributed by atoms with E-state index in [-0.39, 0.29) is 24.0 Å². The number of rotatable bonds is 1. The lowest BCUT2D eigenvalue weighted by molar-refractivity contribution is 0.0697. The van der Waals surface area contributed by atoms with E-state index in [9.17, 15) is 4.79 Å². The van der Waals surface area contributed by atoms with Crippen LogP contribution in [-0.2, 0) is 0 Å². The monoisotopic (exact) mass is 300 g/mol. The average molecular weight is 300 g/mol. The van der Waals surface area contributed by atoms with Crippen molar-refractivity contribution in [2.45, 2.75) is 0 Å². The number of carboxylic acids is 1. The van der Waals surface area contributed by atoms with Crippen molar-refractivity contribution in [3.05, 3.63) is 48.0 Å². The standard InChI is InChI=1S/C11H8O2.HI/c12-11(13)10-6-5-8-3-1-2-4-9(8)7-10;/h1-7H,(H,12,13);1H. The normalized spacial score (nSPS) is 9.43. The molecule has 0 saturated carbocycles. The first kappa shape index (κ1) is 11.0. The molecule has 14 heavy (non-hydrogen) atoms. The fraction of sp³-hybridized carbons (Fsp3) is 0. The molecule has 0 aromatic heterocycles. The van der Waals surface area contributed by atoms with Crippen LogP contribution >= 0.6 is 24.0 Å². The van der Waals surface area contributed by atoms with Crippen molar-refractivity contribution in [2.75, 3.05) is 0 Å². The Hall–Kier alpha value is -1.10. The minimum absolute atomic E-state index is 0. The Morgan fingerprint density at radius 1 is 1.00 bits per heavy atom. The minimum Gasteiger partial charge on any atom is -0.478 e. The van der Waals surface area contributed by atoms with E-state index in [4.69, 9.17) is 5.11 Å². The molecule has 0 spiro atoms. The van der Waals surface area contributed by atoms with Crippen LogP contribution in [0.1, 0.15) is 10.4 Å². The van der Waals surface area contributed by atoms with Crippen molar-refractivity contribution in [3.8, 4) is 0 Å². The van der Waals surface area contributed by atoms with Gasteiger partial charge in [-0.1, -0.05) is 30.3 Å². The van der Waals surface area contributed by atoms with Crippen LogP contribution < -0.4 is 0 Å². The third-order valence-electron chi connectivity index (χ3n) is 2.00. The van der Waals surface area contributed by atoms with Gasteiger partial charge in [-0.25, -0.2) is 4.79 Å². The maximum absolute atomic E-state index is 10.6. The van der Waals surface area contributed by atoms with Gasteiger partial charge in [0, 0.05) is 0 Å². The molecule has 0 bridgehead atoms. The molecular weight excluding hydrogens is 291 g/mol. The van der Waals surface area contributed by atoms with Crippen LogP contribution in [0.3, 0.4) is 0 Å². The topological polar surface area (TPSA) is 37.3 Å². The van der Waals surface area contributed by atoms with Gasteiger partial charge in [0.25, 0.3) is 0 Å². The lowest BCUT2D eigenvalue weighted by Crippen LogP contribution is -1.94. The number of carbonyl (C=O) groups is 1. The summed E-state index contributed by atoms with van der Waals surface area (Å²) < 4.78 is 0. The number of fused-ring (bicyclic) bond motifs is 1. The number of aromatic carboxylic acids is 1. The Kier molecular flexibility index (Phi) is 3.46. The molecule has 3 heteroatoms. The summed E-state index contributed by atoms with van der Waals surface area (Å²) in [4.78, 5) is 10.6. The van der Waals surface area contributed by atoms with Gasteiger partial charge in [-0.15, -0.1) is 24.0 Å². The largest absolute Gasteiger partial charge is 0.478 e. The Morgan fingerprint density at radius 3 is 2.29 bits per heavy atom. The van der Waals surface area contributed by atoms with Crippen LogP contribution in [0.4, 0.5) is 0 Å². The number of benzene rings is 2. The summed E-state index contributed by atoms with van der Waals surface area (Å²) in [5.41, 5.74) is 0.332. The zero-order valence-corrected chi connectivity index (χ0v) is 9.64. The van der Waals surface area contributed by atoms with Crippen LogP contribution in [0.25, 0.3) is 10.8 Å². The Labute approximate surface area is 98.6 Å². The van der Waals surface area contributed by atoms with Gasteiger partial charge in [0.2, 0.25) is 0 Å². The highest BCUT2D eigenvalue weighted by atomic mass is 127. The predicted octanol–water partition coefficient (Wildman–Crippen LogP) is 3.16. The summed E-state index contributed by atoms with van der Waals surface area (Å²) in [5, 5.41) is 10.8. The lowest BCUT2D eigenvalue weighted by Gasteiger charge is -1.98. The smallest absolute Gasteiger partial charge is 0.335 e. The highest BCUT2D eigenvalue weighted by Crippen LogP contribution is 2.15. The maximum atomic E-state index is 10.6. The third-order valence-corrected chi connectivity index (χ3v) is 2.00. The van der Waals surface area contributed by atoms with E-state index in [0.29, 0.717) is 5.56 Å². The molecule has 0 heterocycles. The first-order chi connectivity index (χ1) is 6.27. The van der Waals surface area contributed by atoms with Crippen molar-refractivity contribution in [2.24, 2.45) is 0 Å². The fourth-order valence-corrected chi connectivity index (χ4v) is 1.32. The Morgan fingerprint density at radius 2 is 1.64 bits per heavy atom. The second-order valence-electron chi connectivity index (χ2n) is 2.87. The van der Waals surface area contributed by atoms with Gasteiger partial charge in [0.05, 0.1) is 5.56 Å². The Balaban J connectivity index is 0.000000980. The molecule has 0 aliphatic heterocycles. The van der Waals surface area contributed by atoms with E-state index < -0.39 is 5.97 Å². The molecule has 0 fully saturated rings. The van der Waals surface area contributed by atoms with Gasteiger partial charge in [0.15, 0.2) is 0 Å². The molecule has 2 aromatic rings. The first-order valence-corrected chi connectivity index (χ1v) is 3.99. The van der Waals surface area contributed by atoms with Crippen molar-refractivity contribution < 1.29 is 9.90 Å². The van der Waals surface area contributed by atoms with E-state index in [1.165, 1.54) is 0 Å². The van der Waals surface area contributed by atoms with E-state index >= 15 is 0 Å². The molecule has 2 nitrogen and oxygen atoms in total. The highest BCUT2D eigenvalue weighted by Gasteiger charge is 2.01. The summed E-state index contributed by atoms with van der Waals surface area (Å²) in [6.07, 6.45) is 0. The zero-order valence-electron chi connectivity index (χ0n) is 7.31. The van der Waals surface area contributed by atoms with Crippen molar-refractivity contribution in [3.63, 3.8) is 0 Å². The molecule has 2 aromatic carbocycles. The van der Waals surface area contributed by atoms with Crippen LogP contribution in [0.5, 0.6) is 0 Å². The minimum atomic E-state index is -0.884. The SMILES string of the molecule is I.O=C(O)c1ccc2ccccc2c1. The summed E-state index contributed by atoms with van der Waals surface area (Å²) >= 11 is 0. The molecule has 0 aliphatic carbocycles. The average Bonchev–Trinajstić information content (AvgIpc) is 2.17. The summed E-state index contributed by atoms with van der Waals surface area (Å²) in [6.45, 7) is 0. The highest BCUT2D eigenvalue weighted by molar-refractivity contribution is 14.0. The van der Waals surface area contributed by atoms with Gasteiger partial charge in [-0.3, -0.25) is 0 Å². The second-order valence-corrected chi connectivity index (χ2v) is 2.87. The van der Waals surface area contributed by atoms with Crippen molar-refractivity contribution >= 4 is 40.7 Å². The van der Waals surface area contributed by atoms with E-state index in [1.807, 2.05) is 30.3 Å². The van der Waals surface area contributed by atoms with Crippen LogP contribution in [0, 0.1) is 0 Å². The molecule has 0 amide bonds. The molecule has 0 radical (unpaired) electrons. The molecule has 0 aliphatic rings. The molecular formula is C11H9IO2. The molecule has 72 valence electrons. The van der Waals surface area contributed by atoms with Crippen LogP contribution in [0.2, 0.25) is 0 Å². The molecule has 0 atom stereocenters. The molecule has 0 saturated heterocycles. The summed E-state index contributed by atoms with van der Waals surface area (Å²) in [7, 11) is 0. The molecule has 2 rings (SSSR count). The lowest BCUT2D eigenvalue weighted by atomic mass is 10.1. The van der Waals surface area contributed by atoms with Crippen molar-refractivity contribution in [1.29, 1.82) is 0 Å². The first-order valence-electron chi connectivity index (χ1n) is 3.99. The zero-order chi connectivity index (χ0) is 9.26. The van der Waals surface area contributed by atoms with Crippen molar-refractivity contribution in [1.82, 2.24) is 0 Å². The Bertz CT molecular complexity index is 466. The quantitative estimate of drug-likeness (QED) is 0.821. The van der Waals surface area contributed by atoms with E-state index in [0.717, 1.165) is 10.8 Å². The number of halogens is 1. The second kappa shape index (κ2) is 4.41. The van der Waals surface area contributed by atoms with Gasteiger partial charge in [-0.05, 0) is 22.9 Å². The van der Waals surface area contributed by atoms with E-state index in [1.54, 1.807) is 12.1 Å². The predicted molar refractivity (Wildman–Crippen MR) is 66.3 cm³/mol. The van der Waals surface area contributed by atoms with Crippen LogP contribution in [-0.4, -0.2) is 11.1 Å². The van der Waals surface area contributed by atoms with Gasteiger partial charge in [-0.2, -0.15) is 0 Å². The number of carboxylic acid groups (broad SMARTS) is 1. The summed E-state index contributed by atoms with van der Waals surface area (Å²) in [6, 6.07) is 12.8. The number of hydrogen-bond donors (Lipinski definition) is 1. The fourth-order valence-electron chi connectivity index (χ4n) is 1.32. The van der Waals surface area contributed by atoms with Gasteiger partial charge < -0.3 is 5.11 Å². The van der Waals surface area contributed by atoms with Crippen LogP contribution in [0.15, 0.2) is 42.5 Å². The molecule has 0 unspecified atom stereocenters. The van der Waals surface area contributed by atoms with Gasteiger partial charge in [0.1, 0.15) is 0 Å².